The van der Waals surface area contributed by atoms with Crippen LogP contribution < -0.4 is 5.69 Å². The molecule has 7 heteroatoms. The first-order valence-electron chi connectivity index (χ1n) is 5.30. The molecule has 0 spiro atoms. The van der Waals surface area contributed by atoms with E-state index in [4.69, 9.17) is 23.2 Å². The highest BCUT2D eigenvalue weighted by molar-refractivity contribution is 6.32. The van der Waals surface area contributed by atoms with E-state index >= 15 is 0 Å². The molecule has 0 saturated heterocycles. The second-order valence-corrected chi connectivity index (χ2v) is 5.64. The van der Waals surface area contributed by atoms with E-state index in [1.807, 2.05) is 20.8 Å². The van der Waals surface area contributed by atoms with E-state index in [9.17, 15) is 4.79 Å². The number of hydrogen-bond donors (Lipinski definition) is 1. The third-order valence-electron chi connectivity index (χ3n) is 2.29. The lowest BCUT2D eigenvalue weighted by Crippen LogP contribution is -2.33. The molecule has 5 nitrogen and oxygen atoms in total. The molecule has 0 aliphatic heterocycles. The van der Waals surface area contributed by atoms with Crippen LogP contribution in [0, 0.1) is 0 Å². The van der Waals surface area contributed by atoms with Crippen LogP contribution in [0.4, 0.5) is 0 Å². The van der Waals surface area contributed by atoms with Gasteiger partial charge in [0.25, 0.3) is 0 Å². The Morgan fingerprint density at radius 2 is 1.78 bits per heavy atom. The first-order valence-corrected chi connectivity index (χ1v) is 6.06. The fourth-order valence-electron chi connectivity index (χ4n) is 1.51. The first-order chi connectivity index (χ1) is 8.27. The van der Waals surface area contributed by atoms with Gasteiger partial charge in [-0.1, -0.05) is 23.2 Å². The molecule has 0 radical (unpaired) electrons. The fourth-order valence-corrected chi connectivity index (χ4v) is 1.97. The Kier molecular flexibility index (Phi) is 3.21. The number of aromatic amines is 1. The Balaban J connectivity index is 2.56. The van der Waals surface area contributed by atoms with Crippen LogP contribution in [-0.4, -0.2) is 19.7 Å². The summed E-state index contributed by atoms with van der Waals surface area (Å²) in [4.78, 5) is 18.3. The zero-order valence-corrected chi connectivity index (χ0v) is 11.7. The van der Waals surface area contributed by atoms with E-state index in [1.54, 1.807) is 12.1 Å². The van der Waals surface area contributed by atoms with Crippen LogP contribution in [-0.2, 0) is 5.54 Å². The molecule has 0 bridgehead atoms. The Morgan fingerprint density at radius 1 is 1.22 bits per heavy atom. The molecule has 2 heterocycles. The van der Waals surface area contributed by atoms with Crippen molar-refractivity contribution >= 4 is 23.2 Å². The van der Waals surface area contributed by atoms with Crippen molar-refractivity contribution in [2.45, 2.75) is 26.3 Å². The normalized spacial score (nSPS) is 11.8. The summed E-state index contributed by atoms with van der Waals surface area (Å²) in [6.45, 7) is 5.68. The third-order valence-corrected chi connectivity index (χ3v) is 2.68. The van der Waals surface area contributed by atoms with Crippen LogP contribution >= 0.6 is 23.2 Å². The van der Waals surface area contributed by atoms with Crippen molar-refractivity contribution in [2.24, 2.45) is 0 Å². The zero-order valence-electron chi connectivity index (χ0n) is 10.2. The molecule has 0 aliphatic rings. The van der Waals surface area contributed by atoms with Gasteiger partial charge >= 0.3 is 5.69 Å². The highest BCUT2D eigenvalue weighted by atomic mass is 35.5. The average molecular weight is 287 g/mol. The number of H-pyrrole nitrogens is 1. The van der Waals surface area contributed by atoms with Crippen LogP contribution in [0.1, 0.15) is 20.8 Å². The predicted octanol–water partition coefficient (Wildman–Crippen LogP) is 2.70. The number of halogens is 2. The smallest absolute Gasteiger partial charge is 0.289 e. The molecule has 0 aromatic carbocycles. The van der Waals surface area contributed by atoms with Gasteiger partial charge < -0.3 is 0 Å². The molecule has 0 aliphatic carbocycles. The number of pyridine rings is 1. The van der Waals surface area contributed by atoms with E-state index < -0.39 is 5.54 Å². The van der Waals surface area contributed by atoms with Crippen LogP contribution in [0.3, 0.4) is 0 Å². The number of nitrogens with one attached hydrogen (secondary N) is 1. The molecule has 0 atom stereocenters. The molecule has 96 valence electrons. The second-order valence-electron chi connectivity index (χ2n) is 4.86. The van der Waals surface area contributed by atoms with Crippen molar-refractivity contribution in [1.82, 2.24) is 19.7 Å². The maximum absolute atomic E-state index is 11.8. The van der Waals surface area contributed by atoms with E-state index in [0.29, 0.717) is 11.4 Å². The minimum Gasteiger partial charge on any atom is -0.289 e. The second kappa shape index (κ2) is 4.40. The van der Waals surface area contributed by atoms with E-state index in [-0.39, 0.29) is 16.0 Å². The summed E-state index contributed by atoms with van der Waals surface area (Å²) in [7, 11) is 0. The van der Waals surface area contributed by atoms with Gasteiger partial charge in [-0.2, -0.15) is 0 Å². The quantitative estimate of drug-likeness (QED) is 0.820. The van der Waals surface area contributed by atoms with Gasteiger partial charge in [-0.05, 0) is 32.9 Å². The number of hydrogen-bond acceptors (Lipinski definition) is 3. The Hall–Kier alpha value is -1.33. The highest BCUT2D eigenvalue weighted by Gasteiger charge is 2.19. The molecule has 18 heavy (non-hydrogen) atoms. The van der Waals surface area contributed by atoms with Crippen LogP contribution in [0.2, 0.25) is 10.3 Å². The molecule has 0 fully saturated rings. The summed E-state index contributed by atoms with van der Waals surface area (Å²) in [5.74, 6) is 0.418. The van der Waals surface area contributed by atoms with Gasteiger partial charge in [0, 0.05) is 5.56 Å². The molecule has 2 rings (SSSR count). The summed E-state index contributed by atoms with van der Waals surface area (Å²) < 4.78 is 1.38. The third kappa shape index (κ3) is 2.57. The molecule has 1 N–H and O–H groups in total. The van der Waals surface area contributed by atoms with Gasteiger partial charge in [0.2, 0.25) is 0 Å². The molecule has 2 aromatic rings. The van der Waals surface area contributed by atoms with Crippen molar-refractivity contribution < 1.29 is 0 Å². The van der Waals surface area contributed by atoms with Crippen molar-refractivity contribution in [1.29, 1.82) is 0 Å². The van der Waals surface area contributed by atoms with Crippen molar-refractivity contribution in [3.63, 3.8) is 0 Å². The lowest BCUT2D eigenvalue weighted by molar-refractivity contribution is 0.344. The summed E-state index contributed by atoms with van der Waals surface area (Å²) in [6.07, 6.45) is 0. The lowest BCUT2D eigenvalue weighted by Gasteiger charge is -2.16. The molecular formula is C11H12Cl2N4O. The number of aromatic nitrogens is 4. The van der Waals surface area contributed by atoms with Crippen LogP contribution in [0.25, 0.3) is 11.4 Å². The average Bonchev–Trinajstić information content (AvgIpc) is 2.58. The van der Waals surface area contributed by atoms with E-state index in [0.717, 1.165) is 0 Å². The first kappa shape index (κ1) is 13.1. The van der Waals surface area contributed by atoms with Crippen molar-refractivity contribution in [3.8, 4) is 11.4 Å². The summed E-state index contributed by atoms with van der Waals surface area (Å²) in [6, 6.07) is 3.19. The van der Waals surface area contributed by atoms with Gasteiger partial charge in [0.15, 0.2) is 5.82 Å². The predicted molar refractivity (Wildman–Crippen MR) is 71.1 cm³/mol. The number of nitrogens with zero attached hydrogens (tertiary/aromatic N) is 3. The minimum absolute atomic E-state index is 0.253. The number of rotatable bonds is 1. The summed E-state index contributed by atoms with van der Waals surface area (Å²) >= 11 is 11.6. The molecule has 0 saturated carbocycles. The largest absolute Gasteiger partial charge is 0.344 e. The molecule has 2 aromatic heterocycles. The van der Waals surface area contributed by atoms with Crippen molar-refractivity contribution in [3.05, 3.63) is 32.9 Å². The van der Waals surface area contributed by atoms with E-state index in [1.165, 1.54) is 4.68 Å². The molecule has 0 amide bonds. The fraction of sp³-hybridized carbons (Fsp3) is 0.364. The molecular weight excluding hydrogens is 275 g/mol. The lowest BCUT2D eigenvalue weighted by atomic mass is 10.1. The van der Waals surface area contributed by atoms with Crippen molar-refractivity contribution in [2.75, 3.05) is 0 Å². The highest BCUT2D eigenvalue weighted by Crippen LogP contribution is 2.22. The zero-order chi connectivity index (χ0) is 13.5. The van der Waals surface area contributed by atoms with Crippen LogP contribution in [0.15, 0.2) is 16.9 Å². The van der Waals surface area contributed by atoms with Gasteiger partial charge in [-0.15, -0.1) is 5.10 Å². The summed E-state index contributed by atoms with van der Waals surface area (Å²) in [5, 5.41) is 4.74. The van der Waals surface area contributed by atoms with Crippen LogP contribution in [0.5, 0.6) is 0 Å². The monoisotopic (exact) mass is 286 g/mol. The maximum atomic E-state index is 11.8. The van der Waals surface area contributed by atoms with Gasteiger partial charge in [0.05, 0.1) is 5.54 Å². The van der Waals surface area contributed by atoms with Gasteiger partial charge in [-0.25, -0.2) is 14.5 Å². The topological polar surface area (TPSA) is 63.6 Å². The maximum Gasteiger partial charge on any atom is 0.344 e. The van der Waals surface area contributed by atoms with Gasteiger partial charge in [0.1, 0.15) is 10.3 Å². The Bertz CT molecular complexity index is 619. The minimum atomic E-state index is -0.396. The standard InChI is InChI=1S/C11H12Cl2N4O/c1-11(2,3)17-10(18)15-9(16-17)6-4-7(12)14-8(13)5-6/h4-5H,1-3H3,(H,15,16,18). The van der Waals surface area contributed by atoms with E-state index in [2.05, 4.69) is 15.1 Å². The Morgan fingerprint density at radius 3 is 2.22 bits per heavy atom. The summed E-state index contributed by atoms with van der Waals surface area (Å²) in [5.41, 5.74) is -0.0476. The SMILES string of the molecule is CC(C)(C)n1nc(-c2cc(Cl)nc(Cl)c2)[nH]c1=O. The Labute approximate surface area is 114 Å². The molecule has 0 unspecified atom stereocenters. The van der Waals surface area contributed by atoms with Gasteiger partial charge in [-0.3, -0.25) is 4.98 Å².